The third-order valence-corrected chi connectivity index (χ3v) is 5.59. The molecule has 0 heterocycles. The summed E-state index contributed by atoms with van der Waals surface area (Å²) in [6, 6.07) is 13.4. The fourth-order valence-electron chi connectivity index (χ4n) is 2.43. The Bertz CT molecular complexity index is 959. The van der Waals surface area contributed by atoms with Crippen molar-refractivity contribution >= 4 is 27.9 Å². The minimum Gasteiger partial charge on any atom is -0.481 e. The van der Waals surface area contributed by atoms with Crippen LogP contribution >= 0.6 is 0 Å². The average Bonchev–Trinajstić information content (AvgIpc) is 2.66. The number of ketones is 1. The zero-order chi connectivity index (χ0) is 20.7. The lowest BCUT2D eigenvalue weighted by atomic mass is 10.0. The summed E-state index contributed by atoms with van der Waals surface area (Å²) < 4.78 is 26.4. The Hall–Kier alpha value is -2.77. The largest absolute Gasteiger partial charge is 0.481 e. The molecular weight excluding hydrogens is 378 g/mol. The maximum atomic E-state index is 12.3. The summed E-state index contributed by atoms with van der Waals surface area (Å²) in [7, 11) is -3.81. The van der Waals surface area contributed by atoms with Gasteiger partial charge in [0.05, 0.1) is 11.3 Å². The lowest BCUT2D eigenvalue weighted by Gasteiger charge is -2.06. The summed E-state index contributed by atoms with van der Waals surface area (Å²) >= 11 is 0. The van der Waals surface area contributed by atoms with Gasteiger partial charge in [0, 0.05) is 12.1 Å². The Morgan fingerprint density at radius 2 is 1.64 bits per heavy atom. The topological polar surface area (TPSA) is 101 Å². The van der Waals surface area contributed by atoms with Gasteiger partial charge in [-0.05, 0) is 47.4 Å². The number of carboxylic acids is 1. The van der Waals surface area contributed by atoms with Crippen molar-refractivity contribution in [3.63, 3.8) is 0 Å². The molecular formula is C21H23NO5S. The highest BCUT2D eigenvalue weighted by atomic mass is 32.2. The Morgan fingerprint density at radius 1 is 1.04 bits per heavy atom. The number of benzene rings is 2. The molecule has 2 N–H and O–H groups in total. The number of carbonyl (C=O) groups is 2. The molecule has 0 fully saturated rings. The van der Waals surface area contributed by atoms with Crippen molar-refractivity contribution in [2.45, 2.75) is 31.1 Å². The zero-order valence-corrected chi connectivity index (χ0v) is 16.6. The van der Waals surface area contributed by atoms with Gasteiger partial charge in [0.15, 0.2) is 5.78 Å². The van der Waals surface area contributed by atoms with Crippen LogP contribution in [0.2, 0.25) is 0 Å². The molecule has 0 saturated heterocycles. The molecule has 0 bridgehead atoms. The van der Waals surface area contributed by atoms with Gasteiger partial charge >= 0.3 is 5.97 Å². The predicted molar refractivity (Wildman–Crippen MR) is 108 cm³/mol. The number of hydrogen-bond donors (Lipinski definition) is 2. The number of aliphatic carboxylic acids is 1. The standard InChI is InChI=1S/C21H23NO5S/c1-15(2)17-6-3-16(4-7-17)5-12-20(23)18-8-10-19(11-9-18)28(26,27)22-14-13-21(24)25/h3-12,15,22H,13-14H2,1-2H3,(H,24,25). The van der Waals surface area contributed by atoms with E-state index in [-0.39, 0.29) is 23.6 Å². The second kappa shape index (κ2) is 9.43. The van der Waals surface area contributed by atoms with Gasteiger partial charge in [-0.25, -0.2) is 13.1 Å². The molecule has 2 rings (SSSR count). The first-order chi connectivity index (χ1) is 13.2. The van der Waals surface area contributed by atoms with E-state index in [9.17, 15) is 18.0 Å². The van der Waals surface area contributed by atoms with Crippen LogP contribution in [0.25, 0.3) is 6.08 Å². The lowest BCUT2D eigenvalue weighted by molar-refractivity contribution is -0.136. The van der Waals surface area contributed by atoms with E-state index in [0.717, 1.165) is 5.56 Å². The third kappa shape index (κ3) is 6.14. The normalized spacial score (nSPS) is 11.8. The first kappa shape index (κ1) is 21.5. The monoisotopic (exact) mass is 401 g/mol. The summed E-state index contributed by atoms with van der Waals surface area (Å²) in [5.74, 6) is -0.891. The van der Waals surface area contributed by atoms with Gasteiger partial charge < -0.3 is 5.11 Å². The number of nitrogens with one attached hydrogen (secondary N) is 1. The maximum absolute atomic E-state index is 12.3. The van der Waals surface area contributed by atoms with Crippen LogP contribution in [0.4, 0.5) is 0 Å². The molecule has 0 unspecified atom stereocenters. The van der Waals surface area contributed by atoms with Crippen molar-refractivity contribution in [3.8, 4) is 0 Å². The summed E-state index contributed by atoms with van der Waals surface area (Å²) in [5, 5.41) is 8.57. The Kier molecular flexibility index (Phi) is 7.25. The highest BCUT2D eigenvalue weighted by molar-refractivity contribution is 7.89. The Morgan fingerprint density at radius 3 is 2.18 bits per heavy atom. The van der Waals surface area contributed by atoms with E-state index in [4.69, 9.17) is 5.11 Å². The van der Waals surface area contributed by atoms with Crippen LogP contribution < -0.4 is 4.72 Å². The van der Waals surface area contributed by atoms with Gasteiger partial charge in [0.25, 0.3) is 0 Å². The molecule has 148 valence electrons. The van der Waals surface area contributed by atoms with Crippen LogP contribution in [-0.4, -0.2) is 31.8 Å². The second-order valence-electron chi connectivity index (χ2n) is 6.58. The van der Waals surface area contributed by atoms with Gasteiger partial charge in [-0.2, -0.15) is 0 Å². The number of allylic oxidation sites excluding steroid dienone is 1. The van der Waals surface area contributed by atoms with E-state index in [1.165, 1.54) is 35.9 Å². The van der Waals surface area contributed by atoms with Gasteiger partial charge in [-0.1, -0.05) is 44.2 Å². The lowest BCUT2D eigenvalue weighted by Crippen LogP contribution is -2.26. The molecule has 0 saturated carbocycles. The van der Waals surface area contributed by atoms with Crippen LogP contribution in [0.3, 0.4) is 0 Å². The summed E-state index contributed by atoms with van der Waals surface area (Å²) in [4.78, 5) is 22.7. The molecule has 0 radical (unpaired) electrons. The van der Waals surface area contributed by atoms with E-state index in [2.05, 4.69) is 18.6 Å². The van der Waals surface area contributed by atoms with Crippen molar-refractivity contribution < 1.29 is 23.1 Å². The van der Waals surface area contributed by atoms with Crippen molar-refractivity contribution in [3.05, 3.63) is 71.3 Å². The number of hydrogen-bond acceptors (Lipinski definition) is 4. The molecule has 7 heteroatoms. The van der Waals surface area contributed by atoms with E-state index < -0.39 is 16.0 Å². The summed E-state index contributed by atoms with van der Waals surface area (Å²) in [6.07, 6.45) is 2.85. The first-order valence-electron chi connectivity index (χ1n) is 8.83. The van der Waals surface area contributed by atoms with E-state index in [0.29, 0.717) is 11.5 Å². The average molecular weight is 401 g/mol. The van der Waals surface area contributed by atoms with Crippen molar-refractivity contribution in [2.24, 2.45) is 0 Å². The zero-order valence-electron chi connectivity index (χ0n) is 15.8. The van der Waals surface area contributed by atoms with Crippen LogP contribution in [0.5, 0.6) is 0 Å². The van der Waals surface area contributed by atoms with Crippen molar-refractivity contribution in [2.75, 3.05) is 6.54 Å². The minimum absolute atomic E-state index is 0.0253. The molecule has 2 aromatic rings. The summed E-state index contributed by atoms with van der Waals surface area (Å²) in [5.41, 5.74) is 2.48. The van der Waals surface area contributed by atoms with Gasteiger partial charge in [-0.3, -0.25) is 9.59 Å². The number of rotatable bonds is 9. The SMILES string of the molecule is CC(C)c1ccc(C=CC(=O)c2ccc(S(=O)(=O)NCCC(=O)O)cc2)cc1. The van der Waals surface area contributed by atoms with E-state index in [1.807, 2.05) is 24.3 Å². The van der Waals surface area contributed by atoms with Crippen LogP contribution in [0.1, 0.15) is 47.7 Å². The smallest absolute Gasteiger partial charge is 0.304 e. The number of carbonyl (C=O) groups excluding carboxylic acids is 1. The maximum Gasteiger partial charge on any atom is 0.304 e. The van der Waals surface area contributed by atoms with Crippen LogP contribution in [0.15, 0.2) is 59.5 Å². The quantitative estimate of drug-likeness (QED) is 0.495. The number of sulfonamides is 1. The first-order valence-corrected chi connectivity index (χ1v) is 10.3. The molecule has 28 heavy (non-hydrogen) atoms. The highest BCUT2D eigenvalue weighted by Gasteiger charge is 2.14. The minimum atomic E-state index is -3.81. The molecule has 0 aliphatic rings. The molecule has 0 aliphatic carbocycles. The van der Waals surface area contributed by atoms with Crippen LogP contribution in [-0.2, 0) is 14.8 Å². The molecule has 0 spiro atoms. The van der Waals surface area contributed by atoms with Gasteiger partial charge in [0.1, 0.15) is 0 Å². The molecule has 0 atom stereocenters. The fourth-order valence-corrected chi connectivity index (χ4v) is 3.47. The second-order valence-corrected chi connectivity index (χ2v) is 8.35. The fraction of sp³-hybridized carbons (Fsp3) is 0.238. The van der Waals surface area contributed by atoms with E-state index >= 15 is 0 Å². The molecule has 0 amide bonds. The van der Waals surface area contributed by atoms with Gasteiger partial charge in [0.2, 0.25) is 10.0 Å². The number of carboxylic acid groups (broad SMARTS) is 1. The van der Waals surface area contributed by atoms with Gasteiger partial charge in [-0.15, -0.1) is 0 Å². The summed E-state index contributed by atoms with van der Waals surface area (Å²) in [6.45, 7) is 4.02. The molecule has 0 aromatic heterocycles. The molecule has 6 nitrogen and oxygen atoms in total. The van der Waals surface area contributed by atoms with E-state index in [1.54, 1.807) is 6.08 Å². The molecule has 2 aromatic carbocycles. The third-order valence-electron chi connectivity index (χ3n) is 4.11. The van der Waals surface area contributed by atoms with Crippen molar-refractivity contribution in [1.82, 2.24) is 4.72 Å². The Balaban J connectivity index is 2.03. The molecule has 0 aliphatic heterocycles. The van der Waals surface area contributed by atoms with Crippen molar-refractivity contribution in [1.29, 1.82) is 0 Å². The van der Waals surface area contributed by atoms with Crippen LogP contribution in [0, 0.1) is 0 Å². The Labute approximate surface area is 165 Å². The predicted octanol–water partition coefficient (Wildman–Crippen LogP) is 3.46. The highest BCUT2D eigenvalue weighted by Crippen LogP contribution is 2.16.